The predicted molar refractivity (Wildman–Crippen MR) is 113 cm³/mol. The fourth-order valence-electron chi connectivity index (χ4n) is 3.33. The first-order chi connectivity index (χ1) is 13.6. The van der Waals surface area contributed by atoms with Crippen LogP contribution in [0.15, 0.2) is 24.3 Å². The molecule has 0 fully saturated rings. The summed E-state index contributed by atoms with van der Waals surface area (Å²) in [6.45, 7) is 2.22. The predicted octanol–water partition coefficient (Wildman–Crippen LogP) is 7.12. The fourth-order valence-corrected chi connectivity index (χ4v) is 3.33. The molecule has 5 nitrogen and oxygen atoms in total. The Morgan fingerprint density at radius 2 is 1.36 bits per heavy atom. The summed E-state index contributed by atoms with van der Waals surface area (Å²) >= 11 is 0. The molecule has 0 spiro atoms. The lowest BCUT2D eigenvalue weighted by Gasteiger charge is -2.06. The number of carbonyl (C=O) groups is 1. The summed E-state index contributed by atoms with van der Waals surface area (Å²) in [4.78, 5) is 22.3. The zero-order valence-corrected chi connectivity index (χ0v) is 17.5. The van der Waals surface area contributed by atoms with Crippen molar-refractivity contribution in [3.63, 3.8) is 0 Å². The van der Waals surface area contributed by atoms with E-state index in [4.69, 9.17) is 4.74 Å². The third-order valence-corrected chi connectivity index (χ3v) is 5.06. The van der Waals surface area contributed by atoms with Crippen molar-refractivity contribution in [3.8, 4) is 0 Å². The molecule has 158 valence electrons. The topological polar surface area (TPSA) is 69.4 Å². The molecule has 0 amide bonds. The molecule has 0 saturated carbocycles. The normalized spacial score (nSPS) is 10.8. The lowest BCUT2D eigenvalue weighted by atomic mass is 10.0. The highest BCUT2D eigenvalue weighted by Crippen LogP contribution is 2.19. The van der Waals surface area contributed by atoms with Gasteiger partial charge in [-0.25, -0.2) is 0 Å². The van der Waals surface area contributed by atoms with Gasteiger partial charge in [-0.15, -0.1) is 0 Å². The molecule has 0 bridgehead atoms. The van der Waals surface area contributed by atoms with Gasteiger partial charge >= 0.3 is 5.97 Å². The van der Waals surface area contributed by atoms with E-state index in [0.717, 1.165) is 19.3 Å². The Balaban J connectivity index is 1.95. The highest BCUT2D eigenvalue weighted by Gasteiger charge is 2.13. The minimum absolute atomic E-state index is 0.00346. The SMILES string of the molecule is CCCCCCCCCCCCCCCC(=O)OCc1ccccc1[N+](=O)[O-]. The van der Waals surface area contributed by atoms with Gasteiger partial charge in [-0.1, -0.05) is 96.1 Å². The maximum atomic E-state index is 11.8. The third-order valence-electron chi connectivity index (χ3n) is 5.06. The van der Waals surface area contributed by atoms with Crippen molar-refractivity contribution in [2.45, 2.75) is 103 Å². The van der Waals surface area contributed by atoms with Gasteiger partial charge < -0.3 is 4.74 Å². The van der Waals surface area contributed by atoms with Gasteiger partial charge in [0.1, 0.15) is 6.61 Å². The summed E-state index contributed by atoms with van der Waals surface area (Å²) in [5, 5.41) is 10.9. The lowest BCUT2D eigenvalue weighted by Crippen LogP contribution is -2.06. The summed E-state index contributed by atoms with van der Waals surface area (Å²) in [6, 6.07) is 6.37. The van der Waals surface area contributed by atoms with Gasteiger partial charge in [-0.3, -0.25) is 14.9 Å². The Morgan fingerprint density at radius 3 is 1.89 bits per heavy atom. The molecular formula is C23H37NO4. The van der Waals surface area contributed by atoms with Gasteiger partial charge in [0.05, 0.1) is 10.5 Å². The molecule has 0 aliphatic rings. The van der Waals surface area contributed by atoms with Crippen molar-refractivity contribution in [2.75, 3.05) is 0 Å². The number of hydrogen-bond acceptors (Lipinski definition) is 4. The molecular weight excluding hydrogens is 354 g/mol. The summed E-state index contributed by atoms with van der Waals surface area (Å²) in [7, 11) is 0. The van der Waals surface area contributed by atoms with Gasteiger partial charge in [-0.05, 0) is 12.5 Å². The van der Waals surface area contributed by atoms with E-state index in [9.17, 15) is 14.9 Å². The molecule has 0 aromatic heterocycles. The van der Waals surface area contributed by atoms with E-state index in [-0.39, 0.29) is 18.3 Å². The van der Waals surface area contributed by atoms with E-state index in [2.05, 4.69) is 6.92 Å². The van der Waals surface area contributed by atoms with E-state index in [1.165, 1.54) is 70.3 Å². The first kappa shape index (κ1) is 24.1. The standard InChI is InChI=1S/C23H37NO4/c1-2-3-4-5-6-7-8-9-10-11-12-13-14-19-23(25)28-20-21-17-15-16-18-22(21)24(26)27/h15-18H,2-14,19-20H2,1H3. The molecule has 0 aliphatic heterocycles. The Bertz CT molecular complexity index is 559. The smallest absolute Gasteiger partial charge is 0.306 e. The van der Waals surface area contributed by atoms with E-state index in [1.54, 1.807) is 18.2 Å². The van der Waals surface area contributed by atoms with E-state index < -0.39 is 4.92 Å². The quantitative estimate of drug-likeness (QED) is 0.123. The number of ether oxygens (including phenoxy) is 1. The number of nitro groups is 1. The van der Waals surface area contributed by atoms with Crippen molar-refractivity contribution in [2.24, 2.45) is 0 Å². The van der Waals surface area contributed by atoms with E-state index >= 15 is 0 Å². The Labute approximate surface area is 170 Å². The maximum Gasteiger partial charge on any atom is 0.306 e. The molecule has 0 radical (unpaired) electrons. The second-order valence-electron chi connectivity index (χ2n) is 7.54. The zero-order chi connectivity index (χ0) is 20.5. The van der Waals surface area contributed by atoms with Gasteiger partial charge in [0.25, 0.3) is 5.69 Å². The van der Waals surface area contributed by atoms with Crippen LogP contribution in [0.3, 0.4) is 0 Å². The number of hydrogen-bond donors (Lipinski definition) is 0. The molecule has 1 rings (SSSR count). The highest BCUT2D eigenvalue weighted by molar-refractivity contribution is 5.69. The van der Waals surface area contributed by atoms with Crippen LogP contribution < -0.4 is 0 Å². The maximum absolute atomic E-state index is 11.8. The van der Waals surface area contributed by atoms with E-state index in [1.807, 2.05) is 0 Å². The van der Waals surface area contributed by atoms with Crippen molar-refractivity contribution in [1.82, 2.24) is 0 Å². The number of carbonyl (C=O) groups excluding carboxylic acids is 1. The Kier molecular flexibility index (Phi) is 13.9. The van der Waals surface area contributed by atoms with Crippen LogP contribution in [0.2, 0.25) is 0 Å². The van der Waals surface area contributed by atoms with Crippen LogP contribution in [0.25, 0.3) is 0 Å². The average Bonchev–Trinajstić information content (AvgIpc) is 2.70. The summed E-state index contributed by atoms with van der Waals surface area (Å²) in [5.74, 6) is -0.277. The second-order valence-corrected chi connectivity index (χ2v) is 7.54. The van der Waals surface area contributed by atoms with Crippen molar-refractivity contribution < 1.29 is 14.5 Å². The van der Waals surface area contributed by atoms with Gasteiger partial charge in [-0.2, -0.15) is 0 Å². The number of para-hydroxylation sites is 1. The second kappa shape index (κ2) is 16.1. The molecule has 0 N–H and O–H groups in total. The van der Waals surface area contributed by atoms with Crippen LogP contribution in [0.1, 0.15) is 102 Å². The molecule has 0 atom stereocenters. The number of benzene rings is 1. The summed E-state index contributed by atoms with van der Waals surface area (Å²) in [5.41, 5.74) is 0.433. The average molecular weight is 392 g/mol. The minimum atomic E-state index is -0.449. The number of esters is 1. The van der Waals surface area contributed by atoms with Crippen molar-refractivity contribution >= 4 is 11.7 Å². The van der Waals surface area contributed by atoms with Crippen LogP contribution in [0, 0.1) is 10.1 Å². The fraction of sp³-hybridized carbons (Fsp3) is 0.696. The number of rotatable bonds is 17. The van der Waals surface area contributed by atoms with Gasteiger partial charge in [0.15, 0.2) is 0 Å². The molecule has 5 heteroatoms. The zero-order valence-electron chi connectivity index (χ0n) is 17.5. The molecule has 0 unspecified atom stereocenters. The summed E-state index contributed by atoms with van der Waals surface area (Å²) in [6.07, 6.45) is 16.8. The first-order valence-electron chi connectivity index (χ1n) is 11.0. The lowest BCUT2D eigenvalue weighted by molar-refractivity contribution is -0.385. The van der Waals surface area contributed by atoms with Crippen molar-refractivity contribution in [1.29, 1.82) is 0 Å². The molecule has 0 aliphatic carbocycles. The van der Waals surface area contributed by atoms with Crippen LogP contribution in [0.4, 0.5) is 5.69 Å². The molecule has 28 heavy (non-hydrogen) atoms. The monoisotopic (exact) mass is 391 g/mol. The first-order valence-corrected chi connectivity index (χ1v) is 11.0. The number of unbranched alkanes of at least 4 members (excludes halogenated alkanes) is 12. The third kappa shape index (κ3) is 11.7. The van der Waals surface area contributed by atoms with Crippen LogP contribution in [-0.2, 0) is 16.1 Å². The largest absolute Gasteiger partial charge is 0.461 e. The Morgan fingerprint density at radius 1 is 0.857 bits per heavy atom. The summed E-state index contributed by atoms with van der Waals surface area (Å²) < 4.78 is 5.18. The highest BCUT2D eigenvalue weighted by atomic mass is 16.6. The Hall–Kier alpha value is -1.91. The van der Waals surface area contributed by atoms with Gasteiger partial charge in [0.2, 0.25) is 0 Å². The molecule has 0 saturated heterocycles. The van der Waals surface area contributed by atoms with Crippen LogP contribution in [0.5, 0.6) is 0 Å². The van der Waals surface area contributed by atoms with Crippen molar-refractivity contribution in [3.05, 3.63) is 39.9 Å². The number of nitrogens with zero attached hydrogens (tertiary/aromatic N) is 1. The molecule has 0 heterocycles. The minimum Gasteiger partial charge on any atom is -0.461 e. The van der Waals surface area contributed by atoms with E-state index in [0.29, 0.717) is 12.0 Å². The number of nitro benzene ring substituents is 1. The van der Waals surface area contributed by atoms with Crippen LogP contribution >= 0.6 is 0 Å². The molecule has 1 aromatic rings. The van der Waals surface area contributed by atoms with Crippen LogP contribution in [-0.4, -0.2) is 10.9 Å². The van der Waals surface area contributed by atoms with Gasteiger partial charge in [0, 0.05) is 12.5 Å². The molecule has 1 aromatic carbocycles.